The Morgan fingerprint density at radius 1 is 1.55 bits per heavy atom. The number of amidine groups is 1. The van der Waals surface area contributed by atoms with E-state index in [1.165, 1.54) is 16.0 Å². The Kier molecular flexibility index (Phi) is 4.77. The minimum atomic E-state index is -3.67. The van der Waals surface area contributed by atoms with Crippen molar-refractivity contribution in [2.75, 3.05) is 7.05 Å². The number of aromatic nitrogens is 2. The molecule has 0 fully saturated rings. The molecule has 0 aromatic carbocycles. The molecule has 1 aromatic heterocycles. The lowest BCUT2D eigenvalue weighted by atomic mass is 10.2. The van der Waals surface area contributed by atoms with Crippen molar-refractivity contribution >= 4 is 15.9 Å². The third kappa shape index (κ3) is 2.93. The summed E-state index contributed by atoms with van der Waals surface area (Å²) in [6.07, 6.45) is 0.143. The number of sulfonamides is 1. The summed E-state index contributed by atoms with van der Waals surface area (Å²) in [6.45, 7) is 5.05. The van der Waals surface area contributed by atoms with Gasteiger partial charge in [-0.1, -0.05) is 5.16 Å². The van der Waals surface area contributed by atoms with Crippen LogP contribution in [0.3, 0.4) is 0 Å². The summed E-state index contributed by atoms with van der Waals surface area (Å²) in [4.78, 5) is 0.203. The SMILES string of the molecule is Cc1nn(C)c(C)c1S(=O)(=O)N(C)C(C)CC(N)=NO. The fraction of sp³-hybridized carbons (Fsp3) is 0.636. The molecule has 1 heterocycles. The average Bonchev–Trinajstić information content (AvgIpc) is 2.62. The Bertz CT molecular complexity index is 620. The van der Waals surface area contributed by atoms with E-state index in [2.05, 4.69) is 10.3 Å². The van der Waals surface area contributed by atoms with Gasteiger partial charge >= 0.3 is 0 Å². The van der Waals surface area contributed by atoms with Gasteiger partial charge in [0.05, 0.1) is 11.4 Å². The fourth-order valence-corrected chi connectivity index (χ4v) is 3.74. The summed E-state index contributed by atoms with van der Waals surface area (Å²) < 4.78 is 28.0. The first-order chi connectivity index (χ1) is 9.12. The lowest BCUT2D eigenvalue weighted by molar-refractivity contribution is 0.313. The molecule has 0 aliphatic heterocycles. The molecule has 0 aliphatic rings. The lowest BCUT2D eigenvalue weighted by Gasteiger charge is -2.24. The Morgan fingerprint density at radius 2 is 2.10 bits per heavy atom. The van der Waals surface area contributed by atoms with Crippen molar-refractivity contribution < 1.29 is 13.6 Å². The van der Waals surface area contributed by atoms with Gasteiger partial charge in [-0.15, -0.1) is 0 Å². The molecule has 1 atom stereocenters. The molecular weight excluding hydrogens is 282 g/mol. The summed E-state index contributed by atoms with van der Waals surface area (Å²) in [7, 11) is -0.510. The van der Waals surface area contributed by atoms with Crippen LogP contribution in [0.25, 0.3) is 0 Å². The van der Waals surface area contributed by atoms with E-state index in [-0.39, 0.29) is 17.2 Å². The molecular formula is C11H21N5O3S. The van der Waals surface area contributed by atoms with E-state index in [1.807, 2.05) is 0 Å². The summed E-state index contributed by atoms with van der Waals surface area (Å²) in [6, 6.07) is -0.435. The van der Waals surface area contributed by atoms with E-state index in [0.717, 1.165) is 0 Å². The second kappa shape index (κ2) is 5.80. The Labute approximate surface area is 118 Å². The number of oxime groups is 1. The molecule has 1 aromatic rings. The predicted molar refractivity (Wildman–Crippen MR) is 75.1 cm³/mol. The predicted octanol–water partition coefficient (Wildman–Crippen LogP) is 0.182. The van der Waals surface area contributed by atoms with Crippen LogP contribution in [0.5, 0.6) is 0 Å². The summed E-state index contributed by atoms with van der Waals surface area (Å²) in [5, 5.41) is 15.5. The molecule has 20 heavy (non-hydrogen) atoms. The third-order valence-corrected chi connectivity index (χ3v) is 5.56. The number of aryl methyl sites for hydroxylation is 2. The molecule has 8 nitrogen and oxygen atoms in total. The van der Waals surface area contributed by atoms with E-state index in [4.69, 9.17) is 10.9 Å². The maximum absolute atomic E-state index is 12.6. The second-order valence-corrected chi connectivity index (χ2v) is 6.72. The third-order valence-electron chi connectivity index (χ3n) is 3.33. The van der Waals surface area contributed by atoms with Crippen LogP contribution < -0.4 is 5.73 Å². The van der Waals surface area contributed by atoms with Gasteiger partial charge in [-0.25, -0.2) is 8.42 Å². The van der Waals surface area contributed by atoms with Crippen LogP contribution in [0.4, 0.5) is 0 Å². The van der Waals surface area contributed by atoms with Gasteiger partial charge in [0.15, 0.2) is 0 Å². The highest BCUT2D eigenvalue weighted by Gasteiger charge is 2.31. The quantitative estimate of drug-likeness (QED) is 0.349. The molecule has 0 spiro atoms. The molecule has 1 unspecified atom stereocenters. The molecule has 0 saturated carbocycles. The molecule has 0 bridgehead atoms. The van der Waals surface area contributed by atoms with Crippen LogP contribution in [-0.2, 0) is 17.1 Å². The van der Waals surface area contributed by atoms with Crippen molar-refractivity contribution in [2.45, 2.75) is 38.1 Å². The van der Waals surface area contributed by atoms with Crippen molar-refractivity contribution in [3.05, 3.63) is 11.4 Å². The Balaban J connectivity index is 3.16. The zero-order chi connectivity index (χ0) is 15.7. The number of rotatable bonds is 5. The van der Waals surface area contributed by atoms with Crippen molar-refractivity contribution in [1.29, 1.82) is 0 Å². The monoisotopic (exact) mass is 303 g/mol. The standard InChI is InChI=1S/C11H21N5O3S/c1-7(6-10(12)14-17)16(5)20(18,19)11-8(2)13-15(4)9(11)3/h7,17H,6H2,1-5H3,(H2,12,14). The molecule has 0 radical (unpaired) electrons. The van der Waals surface area contributed by atoms with E-state index < -0.39 is 16.1 Å². The first kappa shape index (κ1) is 16.4. The summed E-state index contributed by atoms with van der Waals surface area (Å²) in [5.74, 6) is -0.0146. The minimum absolute atomic E-state index is 0.0146. The topological polar surface area (TPSA) is 114 Å². The van der Waals surface area contributed by atoms with Crippen molar-refractivity contribution in [1.82, 2.24) is 14.1 Å². The molecule has 0 aliphatic carbocycles. The number of nitrogens with two attached hydrogens (primary N) is 1. The highest BCUT2D eigenvalue weighted by atomic mass is 32.2. The number of hydrogen-bond donors (Lipinski definition) is 2. The first-order valence-corrected chi connectivity index (χ1v) is 7.51. The molecule has 114 valence electrons. The van der Waals surface area contributed by atoms with Crippen LogP contribution in [0.2, 0.25) is 0 Å². The van der Waals surface area contributed by atoms with Crippen molar-refractivity contribution in [3.63, 3.8) is 0 Å². The van der Waals surface area contributed by atoms with Gasteiger partial charge in [0.1, 0.15) is 10.7 Å². The van der Waals surface area contributed by atoms with Crippen LogP contribution in [0.1, 0.15) is 24.7 Å². The average molecular weight is 303 g/mol. The van der Waals surface area contributed by atoms with Crippen LogP contribution in [0.15, 0.2) is 10.1 Å². The Morgan fingerprint density at radius 3 is 2.50 bits per heavy atom. The minimum Gasteiger partial charge on any atom is -0.409 e. The van der Waals surface area contributed by atoms with Gasteiger partial charge in [-0.2, -0.15) is 9.40 Å². The van der Waals surface area contributed by atoms with Gasteiger partial charge in [0.25, 0.3) is 0 Å². The van der Waals surface area contributed by atoms with Gasteiger partial charge in [0.2, 0.25) is 10.0 Å². The normalized spacial score (nSPS) is 14.8. The highest BCUT2D eigenvalue weighted by molar-refractivity contribution is 7.89. The number of hydrogen-bond acceptors (Lipinski definition) is 5. The van der Waals surface area contributed by atoms with E-state index in [0.29, 0.717) is 11.4 Å². The van der Waals surface area contributed by atoms with Gasteiger partial charge in [-0.3, -0.25) is 4.68 Å². The zero-order valence-electron chi connectivity index (χ0n) is 12.3. The summed E-state index contributed by atoms with van der Waals surface area (Å²) in [5.41, 5.74) is 6.45. The van der Waals surface area contributed by atoms with Crippen LogP contribution >= 0.6 is 0 Å². The second-order valence-electron chi connectivity index (χ2n) is 4.79. The lowest BCUT2D eigenvalue weighted by Crippen LogP contribution is -2.38. The highest BCUT2D eigenvalue weighted by Crippen LogP contribution is 2.24. The summed E-state index contributed by atoms with van der Waals surface area (Å²) >= 11 is 0. The maximum Gasteiger partial charge on any atom is 0.246 e. The zero-order valence-corrected chi connectivity index (χ0v) is 13.1. The Hall–Kier alpha value is -1.61. The van der Waals surface area contributed by atoms with Crippen LogP contribution in [0, 0.1) is 13.8 Å². The van der Waals surface area contributed by atoms with Gasteiger partial charge < -0.3 is 10.9 Å². The van der Waals surface area contributed by atoms with E-state index in [1.54, 1.807) is 27.8 Å². The van der Waals surface area contributed by atoms with Crippen molar-refractivity contribution in [3.8, 4) is 0 Å². The van der Waals surface area contributed by atoms with Crippen molar-refractivity contribution in [2.24, 2.45) is 17.9 Å². The molecule has 3 N–H and O–H groups in total. The first-order valence-electron chi connectivity index (χ1n) is 6.07. The van der Waals surface area contributed by atoms with Crippen LogP contribution in [-0.4, -0.2) is 46.6 Å². The molecule has 9 heteroatoms. The van der Waals surface area contributed by atoms with E-state index >= 15 is 0 Å². The van der Waals surface area contributed by atoms with E-state index in [9.17, 15) is 8.42 Å². The number of nitrogens with zero attached hydrogens (tertiary/aromatic N) is 4. The van der Waals surface area contributed by atoms with Gasteiger partial charge in [0, 0.05) is 26.6 Å². The largest absolute Gasteiger partial charge is 0.409 e. The fourth-order valence-electron chi connectivity index (χ4n) is 1.98. The van der Waals surface area contributed by atoms with Gasteiger partial charge in [-0.05, 0) is 20.8 Å². The smallest absolute Gasteiger partial charge is 0.246 e. The molecule has 1 rings (SSSR count). The molecule has 0 saturated heterocycles. The maximum atomic E-state index is 12.6. The molecule has 0 amide bonds.